The van der Waals surface area contributed by atoms with E-state index in [2.05, 4.69) is 4.90 Å². The van der Waals surface area contributed by atoms with E-state index in [-0.39, 0.29) is 5.78 Å². The molecule has 0 saturated heterocycles. The van der Waals surface area contributed by atoms with Gasteiger partial charge in [0.1, 0.15) is 24.0 Å². The van der Waals surface area contributed by atoms with Crippen LogP contribution in [0.15, 0.2) is 36.2 Å². The van der Waals surface area contributed by atoms with E-state index >= 15 is 0 Å². The molecule has 6 nitrogen and oxygen atoms in total. The molecule has 3 aromatic rings. The second-order valence-electron chi connectivity index (χ2n) is 8.64. The monoisotopic (exact) mass is 416 g/mol. The van der Waals surface area contributed by atoms with Crippen LogP contribution in [0.25, 0.3) is 17.0 Å². The number of allylic oxidation sites excluding steroid dienone is 1. The lowest BCUT2D eigenvalue weighted by Crippen LogP contribution is -2.34. The van der Waals surface area contributed by atoms with Gasteiger partial charge < -0.3 is 18.8 Å². The highest BCUT2D eigenvalue weighted by Crippen LogP contribution is 2.45. The zero-order valence-corrected chi connectivity index (χ0v) is 17.9. The van der Waals surface area contributed by atoms with Crippen LogP contribution in [0.1, 0.15) is 39.9 Å². The van der Waals surface area contributed by atoms with Crippen LogP contribution < -0.4 is 14.2 Å². The third kappa shape index (κ3) is 2.86. The Kier molecular flexibility index (Phi) is 3.96. The number of rotatable bonds is 3. The number of carbonyl (C=O) groups excluding carboxylic acids is 1. The van der Waals surface area contributed by atoms with E-state index in [1.54, 1.807) is 7.11 Å². The van der Waals surface area contributed by atoms with Gasteiger partial charge in [-0.25, -0.2) is 0 Å². The maximum Gasteiger partial charge on any atom is 0.232 e. The number of aromatic nitrogens is 1. The smallest absolute Gasteiger partial charge is 0.232 e. The Hall–Kier alpha value is -3.25. The van der Waals surface area contributed by atoms with Crippen molar-refractivity contribution in [2.75, 3.05) is 13.8 Å². The van der Waals surface area contributed by atoms with Crippen molar-refractivity contribution in [2.45, 2.75) is 32.4 Å². The minimum Gasteiger partial charge on any atom is -0.497 e. The molecule has 158 valence electrons. The molecule has 0 N–H and O–H groups in total. The summed E-state index contributed by atoms with van der Waals surface area (Å²) in [5, 5.41) is 1.02. The molecular weight excluding hydrogens is 392 g/mol. The Morgan fingerprint density at radius 2 is 2.06 bits per heavy atom. The van der Waals surface area contributed by atoms with Gasteiger partial charge in [-0.05, 0) is 55.7 Å². The Balaban J connectivity index is 1.43. The van der Waals surface area contributed by atoms with Gasteiger partial charge in [0.2, 0.25) is 5.78 Å². The standard InChI is InChI=1S/C25H24N2O4/c1-14-8-21-19(12-27(13-30-21)16-4-5-16)25-23(14)24(28)22(31-25)9-15-11-26(2)20-7-6-17(29-3)10-18(15)20/h6-11,16H,4-5,12-13H2,1-3H3/b22-9-. The van der Waals surface area contributed by atoms with Crippen molar-refractivity contribution >= 4 is 22.8 Å². The summed E-state index contributed by atoms with van der Waals surface area (Å²) in [5.41, 5.74) is 4.52. The lowest BCUT2D eigenvalue weighted by Gasteiger charge is -2.30. The molecule has 6 rings (SSSR count). The van der Waals surface area contributed by atoms with Crippen molar-refractivity contribution in [2.24, 2.45) is 7.05 Å². The van der Waals surface area contributed by atoms with Crippen LogP contribution in [-0.4, -0.2) is 35.1 Å². The van der Waals surface area contributed by atoms with Crippen LogP contribution in [0.5, 0.6) is 17.2 Å². The van der Waals surface area contributed by atoms with Crippen molar-refractivity contribution in [3.8, 4) is 17.2 Å². The van der Waals surface area contributed by atoms with Gasteiger partial charge in [0, 0.05) is 42.3 Å². The third-order valence-corrected chi connectivity index (χ3v) is 6.53. The van der Waals surface area contributed by atoms with Crippen LogP contribution in [0.3, 0.4) is 0 Å². The molecule has 1 aliphatic carbocycles. The SMILES string of the molecule is COc1ccc2c(c1)c(/C=C1\Oc3c4c(cc(C)c3C1=O)OCN(C1CC1)C4)cn2C. The molecule has 3 aliphatic rings. The van der Waals surface area contributed by atoms with Crippen molar-refractivity contribution in [1.29, 1.82) is 0 Å². The number of ketones is 1. The number of methoxy groups -OCH3 is 1. The lowest BCUT2D eigenvalue weighted by molar-refractivity contribution is 0.0867. The summed E-state index contributed by atoms with van der Waals surface area (Å²) < 4.78 is 19.7. The van der Waals surface area contributed by atoms with Crippen molar-refractivity contribution < 1.29 is 19.0 Å². The topological polar surface area (TPSA) is 52.9 Å². The summed E-state index contributed by atoms with van der Waals surface area (Å²) in [4.78, 5) is 15.6. The average Bonchev–Trinajstić information content (AvgIpc) is 3.51. The van der Waals surface area contributed by atoms with Gasteiger partial charge in [-0.15, -0.1) is 0 Å². The third-order valence-electron chi connectivity index (χ3n) is 6.53. The highest BCUT2D eigenvalue weighted by atomic mass is 16.5. The molecule has 0 unspecified atom stereocenters. The second kappa shape index (κ2) is 6.62. The molecule has 6 heteroatoms. The van der Waals surface area contributed by atoms with Crippen molar-refractivity contribution in [1.82, 2.24) is 9.47 Å². The van der Waals surface area contributed by atoms with Gasteiger partial charge in [-0.3, -0.25) is 9.69 Å². The normalized spacial score (nSPS) is 19.3. The number of aryl methyl sites for hydroxylation is 2. The summed E-state index contributed by atoms with van der Waals surface area (Å²) in [7, 11) is 3.65. The minimum atomic E-state index is -0.0706. The quantitative estimate of drug-likeness (QED) is 0.592. The Morgan fingerprint density at radius 3 is 2.84 bits per heavy atom. The number of hydrogen-bond donors (Lipinski definition) is 0. The average molecular weight is 416 g/mol. The molecule has 2 aliphatic heterocycles. The summed E-state index contributed by atoms with van der Waals surface area (Å²) >= 11 is 0. The predicted octanol–water partition coefficient (Wildman–Crippen LogP) is 4.43. The van der Waals surface area contributed by atoms with Gasteiger partial charge in [0.25, 0.3) is 0 Å². The van der Waals surface area contributed by atoms with E-state index in [1.165, 1.54) is 12.8 Å². The maximum atomic E-state index is 13.3. The number of fused-ring (bicyclic) bond motifs is 4. The molecule has 0 spiro atoms. The first-order valence-corrected chi connectivity index (χ1v) is 10.6. The lowest BCUT2D eigenvalue weighted by atomic mass is 9.98. The van der Waals surface area contributed by atoms with Gasteiger partial charge in [-0.1, -0.05) is 0 Å². The zero-order chi connectivity index (χ0) is 21.3. The molecule has 0 bridgehead atoms. The molecule has 0 radical (unpaired) electrons. The fourth-order valence-corrected chi connectivity index (χ4v) is 4.71. The molecular formula is C25H24N2O4. The fraction of sp³-hybridized carbons (Fsp3) is 0.320. The summed E-state index contributed by atoms with van der Waals surface area (Å²) in [6.07, 6.45) is 6.28. The van der Waals surface area contributed by atoms with E-state index in [0.29, 0.717) is 29.8 Å². The zero-order valence-electron chi connectivity index (χ0n) is 17.9. The number of ether oxygens (including phenoxy) is 3. The summed E-state index contributed by atoms with van der Waals surface area (Å²) in [6.45, 7) is 3.31. The van der Waals surface area contributed by atoms with Crippen LogP contribution >= 0.6 is 0 Å². The summed E-state index contributed by atoms with van der Waals surface area (Å²) in [6, 6.07) is 8.51. The number of carbonyl (C=O) groups is 1. The van der Waals surface area contributed by atoms with Gasteiger partial charge in [0.15, 0.2) is 5.76 Å². The first-order chi connectivity index (χ1) is 15.0. The van der Waals surface area contributed by atoms with Gasteiger partial charge >= 0.3 is 0 Å². The molecule has 0 amide bonds. The first kappa shape index (κ1) is 18.5. The predicted molar refractivity (Wildman–Crippen MR) is 118 cm³/mol. The highest BCUT2D eigenvalue weighted by molar-refractivity contribution is 6.16. The molecule has 1 fully saturated rings. The second-order valence-corrected chi connectivity index (χ2v) is 8.64. The van der Waals surface area contributed by atoms with Gasteiger partial charge in [-0.2, -0.15) is 0 Å². The maximum absolute atomic E-state index is 13.3. The number of Topliss-reactive ketones (excluding diaryl/α,β-unsaturated/α-hetero) is 1. The minimum absolute atomic E-state index is 0.0706. The number of nitrogens with zero attached hydrogens (tertiary/aromatic N) is 2. The molecule has 1 aromatic heterocycles. The first-order valence-electron chi connectivity index (χ1n) is 10.6. The van der Waals surface area contributed by atoms with Crippen LogP contribution in [-0.2, 0) is 13.6 Å². The highest BCUT2D eigenvalue weighted by Gasteiger charge is 2.38. The van der Waals surface area contributed by atoms with Crippen LogP contribution in [0.4, 0.5) is 0 Å². The van der Waals surface area contributed by atoms with Crippen molar-refractivity contribution in [3.05, 3.63) is 58.5 Å². The molecule has 31 heavy (non-hydrogen) atoms. The number of hydrogen-bond acceptors (Lipinski definition) is 5. The number of benzene rings is 2. The van der Waals surface area contributed by atoms with E-state index in [0.717, 1.165) is 45.6 Å². The largest absolute Gasteiger partial charge is 0.497 e. The van der Waals surface area contributed by atoms with Crippen LogP contribution in [0.2, 0.25) is 0 Å². The van der Waals surface area contributed by atoms with E-state index in [1.807, 2.05) is 55.1 Å². The molecule has 0 atom stereocenters. The summed E-state index contributed by atoms with van der Waals surface area (Å²) in [5.74, 6) is 2.55. The molecule has 3 heterocycles. The van der Waals surface area contributed by atoms with E-state index < -0.39 is 0 Å². The Labute approximate surface area is 180 Å². The van der Waals surface area contributed by atoms with Crippen molar-refractivity contribution in [3.63, 3.8) is 0 Å². The van der Waals surface area contributed by atoms with E-state index in [4.69, 9.17) is 14.2 Å². The Bertz CT molecular complexity index is 1280. The Morgan fingerprint density at radius 1 is 1.23 bits per heavy atom. The van der Waals surface area contributed by atoms with Crippen LogP contribution in [0, 0.1) is 6.92 Å². The fourth-order valence-electron chi connectivity index (χ4n) is 4.71. The van der Waals surface area contributed by atoms with Gasteiger partial charge in [0.05, 0.1) is 18.2 Å². The molecule has 2 aromatic carbocycles. The molecule has 1 saturated carbocycles. The van der Waals surface area contributed by atoms with E-state index in [9.17, 15) is 4.79 Å².